The Kier molecular flexibility index (Phi) is 5.44. The number of carbonyl (C=O) groups is 1. The van der Waals surface area contributed by atoms with Crippen LogP contribution < -0.4 is 11.1 Å². The third-order valence-corrected chi connectivity index (χ3v) is 3.18. The maximum Gasteiger partial charge on any atom is 0.252 e. The monoisotopic (exact) mass is 269 g/mol. The van der Waals surface area contributed by atoms with Crippen molar-refractivity contribution >= 4 is 23.2 Å². The number of hydrogen-bond acceptors (Lipinski definition) is 3. The zero-order valence-corrected chi connectivity index (χ0v) is 11.8. The molecule has 3 N–H and O–H groups in total. The number of benzene rings is 1. The normalized spacial score (nSPS) is 11.0. The van der Waals surface area contributed by atoms with Crippen molar-refractivity contribution in [1.82, 2.24) is 10.2 Å². The first-order chi connectivity index (χ1) is 8.41. The number of amides is 1. The molecule has 0 aliphatic carbocycles. The summed E-state index contributed by atoms with van der Waals surface area (Å²) in [6.07, 6.45) is 0. The van der Waals surface area contributed by atoms with E-state index in [1.807, 2.05) is 7.05 Å². The van der Waals surface area contributed by atoms with Crippen LogP contribution in [-0.2, 0) is 0 Å². The Morgan fingerprint density at radius 1 is 1.50 bits per heavy atom. The number of halogens is 1. The average Bonchev–Trinajstić information content (AvgIpc) is 2.28. The highest BCUT2D eigenvalue weighted by Crippen LogP contribution is 2.18. The minimum absolute atomic E-state index is 0.169. The molecule has 0 spiro atoms. The molecule has 1 aromatic rings. The molecular formula is C13H20ClN3O. The topological polar surface area (TPSA) is 58.4 Å². The molecule has 1 aromatic carbocycles. The van der Waals surface area contributed by atoms with E-state index in [9.17, 15) is 4.79 Å². The van der Waals surface area contributed by atoms with E-state index in [1.54, 1.807) is 18.2 Å². The fourth-order valence-electron chi connectivity index (χ4n) is 1.41. The van der Waals surface area contributed by atoms with Gasteiger partial charge in [-0.3, -0.25) is 4.79 Å². The van der Waals surface area contributed by atoms with Gasteiger partial charge in [0, 0.05) is 24.8 Å². The molecular weight excluding hydrogens is 250 g/mol. The summed E-state index contributed by atoms with van der Waals surface area (Å²) >= 11 is 5.97. The average molecular weight is 270 g/mol. The van der Waals surface area contributed by atoms with Gasteiger partial charge in [0.05, 0.1) is 10.6 Å². The third kappa shape index (κ3) is 4.20. The number of nitrogens with one attached hydrogen (secondary N) is 1. The smallest absolute Gasteiger partial charge is 0.252 e. The van der Waals surface area contributed by atoms with Crippen molar-refractivity contribution < 1.29 is 4.79 Å². The molecule has 4 nitrogen and oxygen atoms in total. The summed E-state index contributed by atoms with van der Waals surface area (Å²) in [5, 5.41) is 3.22. The number of rotatable bonds is 5. The number of nitrogens with two attached hydrogens (primary N) is 1. The predicted octanol–water partition coefficient (Wildman–Crippen LogP) is 1.99. The van der Waals surface area contributed by atoms with Crippen LogP contribution in [0.4, 0.5) is 5.69 Å². The Morgan fingerprint density at radius 2 is 2.17 bits per heavy atom. The fourth-order valence-corrected chi connectivity index (χ4v) is 1.69. The van der Waals surface area contributed by atoms with Crippen LogP contribution in [-0.4, -0.2) is 37.0 Å². The molecule has 0 aliphatic rings. The van der Waals surface area contributed by atoms with E-state index in [-0.39, 0.29) is 5.91 Å². The quantitative estimate of drug-likeness (QED) is 0.804. The molecule has 0 atom stereocenters. The van der Waals surface area contributed by atoms with E-state index in [4.69, 9.17) is 17.3 Å². The third-order valence-electron chi connectivity index (χ3n) is 2.87. The number of anilines is 1. The van der Waals surface area contributed by atoms with Crippen molar-refractivity contribution in [2.75, 3.05) is 25.9 Å². The van der Waals surface area contributed by atoms with Crippen LogP contribution in [0.1, 0.15) is 24.2 Å². The maximum absolute atomic E-state index is 11.9. The number of nitrogens with zero attached hydrogens (tertiary/aromatic N) is 1. The molecule has 0 bridgehead atoms. The molecule has 1 rings (SSSR count). The minimum Gasteiger partial charge on any atom is -0.399 e. The zero-order valence-electron chi connectivity index (χ0n) is 11.0. The van der Waals surface area contributed by atoms with Crippen LogP contribution in [0.3, 0.4) is 0 Å². The van der Waals surface area contributed by atoms with Crippen LogP contribution in [0.25, 0.3) is 0 Å². The number of nitrogen functional groups attached to an aromatic ring is 1. The zero-order chi connectivity index (χ0) is 13.7. The number of carbonyl (C=O) groups excluding carboxylic acids is 1. The molecule has 0 saturated heterocycles. The lowest BCUT2D eigenvalue weighted by Gasteiger charge is -2.20. The summed E-state index contributed by atoms with van der Waals surface area (Å²) in [7, 11) is 2.02. The lowest BCUT2D eigenvalue weighted by Crippen LogP contribution is -2.36. The molecule has 0 radical (unpaired) electrons. The first-order valence-corrected chi connectivity index (χ1v) is 6.33. The largest absolute Gasteiger partial charge is 0.399 e. The van der Waals surface area contributed by atoms with Gasteiger partial charge in [0.25, 0.3) is 5.91 Å². The van der Waals surface area contributed by atoms with Crippen LogP contribution in [0.5, 0.6) is 0 Å². The van der Waals surface area contributed by atoms with E-state index in [0.717, 1.165) is 6.54 Å². The van der Waals surface area contributed by atoms with Crippen LogP contribution in [0, 0.1) is 0 Å². The first-order valence-electron chi connectivity index (χ1n) is 5.95. The van der Waals surface area contributed by atoms with Crippen molar-refractivity contribution in [2.24, 2.45) is 0 Å². The molecule has 1 amide bonds. The summed E-state index contributed by atoms with van der Waals surface area (Å²) in [4.78, 5) is 14.0. The van der Waals surface area contributed by atoms with E-state index in [1.165, 1.54) is 0 Å². The van der Waals surface area contributed by atoms with Crippen LogP contribution in [0.2, 0.25) is 5.02 Å². The second-order valence-electron chi connectivity index (χ2n) is 4.57. The van der Waals surface area contributed by atoms with Crippen molar-refractivity contribution in [3.8, 4) is 0 Å². The second kappa shape index (κ2) is 6.61. The number of hydrogen-bond donors (Lipinski definition) is 2. The predicted molar refractivity (Wildman–Crippen MR) is 76.0 cm³/mol. The lowest BCUT2D eigenvalue weighted by molar-refractivity contribution is 0.0948. The molecule has 0 heterocycles. The molecule has 0 unspecified atom stereocenters. The van der Waals surface area contributed by atoms with Gasteiger partial charge < -0.3 is 16.0 Å². The molecule has 0 saturated carbocycles. The molecule has 0 aromatic heterocycles. The van der Waals surface area contributed by atoms with Gasteiger partial charge in [-0.05, 0) is 39.1 Å². The summed E-state index contributed by atoms with van der Waals surface area (Å²) in [5.41, 5.74) is 6.59. The summed E-state index contributed by atoms with van der Waals surface area (Å²) in [5.74, 6) is -0.169. The first kappa shape index (κ1) is 14.8. The van der Waals surface area contributed by atoms with Gasteiger partial charge in [0.2, 0.25) is 0 Å². The van der Waals surface area contributed by atoms with Crippen LogP contribution >= 0.6 is 11.6 Å². The van der Waals surface area contributed by atoms with Crippen molar-refractivity contribution in [3.63, 3.8) is 0 Å². The molecule has 100 valence electrons. The fraction of sp³-hybridized carbons (Fsp3) is 0.462. The molecule has 5 heteroatoms. The van der Waals surface area contributed by atoms with Crippen molar-refractivity contribution in [2.45, 2.75) is 19.9 Å². The Balaban J connectivity index is 2.51. The SMILES string of the molecule is CC(C)N(C)CCNC(=O)c1ccc(N)cc1Cl. The standard InChI is InChI=1S/C13H20ClN3O/c1-9(2)17(3)7-6-16-13(18)11-5-4-10(15)8-12(11)14/h4-5,8-9H,6-7,15H2,1-3H3,(H,16,18). The molecule has 0 fully saturated rings. The highest BCUT2D eigenvalue weighted by molar-refractivity contribution is 6.34. The van der Waals surface area contributed by atoms with E-state index >= 15 is 0 Å². The highest BCUT2D eigenvalue weighted by atomic mass is 35.5. The Hall–Kier alpha value is -1.26. The summed E-state index contributed by atoms with van der Waals surface area (Å²) in [6.45, 7) is 5.61. The highest BCUT2D eigenvalue weighted by Gasteiger charge is 2.10. The van der Waals surface area contributed by atoms with Gasteiger partial charge in [-0.25, -0.2) is 0 Å². The van der Waals surface area contributed by atoms with Crippen molar-refractivity contribution in [1.29, 1.82) is 0 Å². The minimum atomic E-state index is -0.169. The summed E-state index contributed by atoms with van der Waals surface area (Å²) < 4.78 is 0. The Morgan fingerprint density at radius 3 is 2.72 bits per heavy atom. The van der Waals surface area contributed by atoms with Gasteiger partial charge in [-0.1, -0.05) is 11.6 Å². The maximum atomic E-state index is 11.9. The van der Waals surface area contributed by atoms with Gasteiger partial charge in [-0.2, -0.15) is 0 Å². The van der Waals surface area contributed by atoms with Gasteiger partial charge in [0.1, 0.15) is 0 Å². The van der Waals surface area contributed by atoms with Crippen molar-refractivity contribution in [3.05, 3.63) is 28.8 Å². The van der Waals surface area contributed by atoms with Crippen LogP contribution in [0.15, 0.2) is 18.2 Å². The van der Waals surface area contributed by atoms with E-state index in [2.05, 4.69) is 24.1 Å². The lowest BCUT2D eigenvalue weighted by atomic mass is 10.2. The molecule has 18 heavy (non-hydrogen) atoms. The van der Waals surface area contributed by atoms with Gasteiger partial charge >= 0.3 is 0 Å². The Bertz CT molecular complexity index is 421. The summed E-state index contributed by atoms with van der Waals surface area (Å²) in [6, 6.07) is 5.35. The number of likely N-dealkylation sites (N-methyl/N-ethyl adjacent to an activating group) is 1. The van der Waals surface area contributed by atoms with Gasteiger partial charge in [0.15, 0.2) is 0 Å². The molecule has 0 aliphatic heterocycles. The second-order valence-corrected chi connectivity index (χ2v) is 4.98. The van der Waals surface area contributed by atoms with E-state index in [0.29, 0.717) is 28.9 Å². The van der Waals surface area contributed by atoms with Gasteiger partial charge in [-0.15, -0.1) is 0 Å². The Labute approximate surface area is 113 Å². The van der Waals surface area contributed by atoms with E-state index < -0.39 is 0 Å².